The molecule has 0 bridgehead atoms. The third kappa shape index (κ3) is 7.71. The van der Waals surface area contributed by atoms with Crippen molar-refractivity contribution in [1.82, 2.24) is 0 Å². The molecule has 0 unspecified atom stereocenters. The van der Waals surface area contributed by atoms with E-state index < -0.39 is 8.38 Å². The van der Waals surface area contributed by atoms with E-state index >= 15 is 0 Å². The summed E-state index contributed by atoms with van der Waals surface area (Å²) < 4.78 is 19.9. The lowest BCUT2D eigenvalue weighted by atomic mass is 9.97. The zero-order valence-corrected chi connectivity index (χ0v) is 8.38. The Balaban J connectivity index is 0. The van der Waals surface area contributed by atoms with E-state index in [1.165, 1.54) is 0 Å². The molecule has 0 atom stereocenters. The van der Waals surface area contributed by atoms with Gasteiger partial charge in [-0.1, -0.05) is 14.9 Å². The minimum absolute atomic E-state index is 0. The predicted molar refractivity (Wildman–Crippen MR) is 61.7 cm³/mol. The zero-order valence-electron chi connectivity index (χ0n) is 7.49. The largest absolute Gasteiger partial charge is 0.453 e. The molecule has 86 valence electrons. The molecule has 6 heteroatoms. The number of hydrogen-bond acceptors (Lipinski definition) is 4. The Kier molecular flexibility index (Phi) is 11.8. The van der Waals surface area contributed by atoms with Crippen LogP contribution in [0.2, 0.25) is 6.82 Å². The van der Waals surface area contributed by atoms with Gasteiger partial charge >= 0.3 is 7.12 Å². The van der Waals surface area contributed by atoms with Crippen LogP contribution in [0, 0.1) is 0 Å². The standard InChI is InChI=1S/C3H7BO2.C3H7O2P.2CH4/c1-4-5-2-3-6-4;1-6-4-2-3-5-6;;/h2*2-3H2,1H3;2*1H4. The maximum atomic E-state index is 5.00. The molecule has 0 spiro atoms. The van der Waals surface area contributed by atoms with E-state index in [1.54, 1.807) is 0 Å². The molecule has 0 aromatic heterocycles. The van der Waals surface area contributed by atoms with Gasteiger partial charge < -0.3 is 18.4 Å². The second-order valence-electron chi connectivity index (χ2n) is 2.42. The van der Waals surface area contributed by atoms with Crippen LogP contribution < -0.4 is 0 Å². The molecule has 2 saturated heterocycles. The molecule has 2 aliphatic rings. The number of hydrogen-bond donors (Lipinski definition) is 0. The van der Waals surface area contributed by atoms with E-state index in [0.29, 0.717) is 0 Å². The SMILES string of the molecule is C.C.CB1OCCO1.CP1OCCO1. The summed E-state index contributed by atoms with van der Waals surface area (Å²) in [5.74, 6) is 0. The van der Waals surface area contributed by atoms with Crippen LogP contribution in [0.5, 0.6) is 0 Å². The first-order chi connectivity index (χ1) is 5.79. The Morgan fingerprint density at radius 2 is 1.36 bits per heavy atom. The van der Waals surface area contributed by atoms with Crippen molar-refractivity contribution in [3.8, 4) is 0 Å². The molecule has 0 aromatic carbocycles. The molecule has 0 radical (unpaired) electrons. The molecule has 0 aromatic rings. The van der Waals surface area contributed by atoms with E-state index in [4.69, 9.17) is 18.4 Å². The molecular formula is C8H22BO4P. The second-order valence-corrected chi connectivity index (χ2v) is 3.81. The van der Waals surface area contributed by atoms with Crippen LogP contribution in [-0.2, 0) is 18.4 Å². The normalized spacial score (nSPS) is 20.6. The third-order valence-electron chi connectivity index (χ3n) is 1.42. The average Bonchev–Trinajstić information content (AvgIpc) is 2.63. The summed E-state index contributed by atoms with van der Waals surface area (Å²) in [6.07, 6.45) is 0. The van der Waals surface area contributed by atoms with Gasteiger partial charge in [0, 0.05) is 6.66 Å². The van der Waals surface area contributed by atoms with Crippen LogP contribution in [0.25, 0.3) is 0 Å². The highest BCUT2D eigenvalue weighted by Crippen LogP contribution is 2.37. The van der Waals surface area contributed by atoms with Gasteiger partial charge in [0.05, 0.1) is 26.4 Å². The fourth-order valence-corrected chi connectivity index (χ4v) is 1.58. The van der Waals surface area contributed by atoms with Crippen molar-refractivity contribution in [2.75, 3.05) is 33.1 Å². The van der Waals surface area contributed by atoms with Crippen molar-refractivity contribution in [1.29, 1.82) is 0 Å². The molecule has 2 heterocycles. The van der Waals surface area contributed by atoms with Gasteiger partial charge in [-0.05, 0) is 6.82 Å². The number of rotatable bonds is 0. The molecule has 14 heavy (non-hydrogen) atoms. The quantitative estimate of drug-likeness (QED) is 0.467. The van der Waals surface area contributed by atoms with Gasteiger partial charge in [0.15, 0.2) is 8.38 Å². The van der Waals surface area contributed by atoms with Gasteiger partial charge in [-0.25, -0.2) is 0 Å². The summed E-state index contributed by atoms with van der Waals surface area (Å²) in [4.78, 5) is 0. The van der Waals surface area contributed by atoms with Crippen molar-refractivity contribution in [3.05, 3.63) is 0 Å². The lowest BCUT2D eigenvalue weighted by molar-refractivity contribution is 0.365. The first-order valence-electron chi connectivity index (χ1n) is 4.02. The van der Waals surface area contributed by atoms with Gasteiger partial charge in [-0.2, -0.15) is 0 Å². The van der Waals surface area contributed by atoms with E-state index in [1.807, 2.05) is 13.5 Å². The highest BCUT2D eigenvalue weighted by Gasteiger charge is 2.14. The Morgan fingerprint density at radius 1 is 0.929 bits per heavy atom. The van der Waals surface area contributed by atoms with Crippen molar-refractivity contribution in [2.24, 2.45) is 0 Å². The summed E-state index contributed by atoms with van der Waals surface area (Å²) in [5.41, 5.74) is 0. The first kappa shape index (κ1) is 16.8. The summed E-state index contributed by atoms with van der Waals surface area (Å²) in [6.45, 7) is 6.97. The fraction of sp³-hybridized carbons (Fsp3) is 1.00. The van der Waals surface area contributed by atoms with Gasteiger partial charge in [-0.3, -0.25) is 0 Å². The molecule has 2 fully saturated rings. The van der Waals surface area contributed by atoms with Crippen molar-refractivity contribution >= 4 is 15.5 Å². The van der Waals surface area contributed by atoms with Crippen molar-refractivity contribution in [3.63, 3.8) is 0 Å². The topological polar surface area (TPSA) is 36.9 Å². The molecule has 0 saturated carbocycles. The average molecular weight is 224 g/mol. The van der Waals surface area contributed by atoms with Crippen LogP contribution in [0.4, 0.5) is 0 Å². The van der Waals surface area contributed by atoms with Gasteiger partial charge in [-0.15, -0.1) is 0 Å². The fourth-order valence-electron chi connectivity index (χ4n) is 0.845. The Hall–Kier alpha value is 0.335. The predicted octanol–water partition coefficient (Wildman–Crippen LogP) is 2.40. The van der Waals surface area contributed by atoms with Gasteiger partial charge in [0.1, 0.15) is 0 Å². The van der Waals surface area contributed by atoms with Gasteiger partial charge in [0.2, 0.25) is 0 Å². The van der Waals surface area contributed by atoms with E-state index in [-0.39, 0.29) is 22.0 Å². The zero-order chi connectivity index (χ0) is 8.81. The first-order valence-corrected chi connectivity index (χ1v) is 5.64. The van der Waals surface area contributed by atoms with E-state index in [2.05, 4.69) is 0 Å². The molecular weight excluding hydrogens is 202 g/mol. The van der Waals surface area contributed by atoms with Crippen LogP contribution in [0.3, 0.4) is 0 Å². The Labute approximate surface area is 89.3 Å². The Morgan fingerprint density at radius 3 is 1.50 bits per heavy atom. The van der Waals surface area contributed by atoms with E-state index in [0.717, 1.165) is 26.4 Å². The third-order valence-corrected chi connectivity index (χ3v) is 2.51. The molecule has 4 nitrogen and oxygen atoms in total. The molecule has 0 aliphatic carbocycles. The highest BCUT2D eigenvalue weighted by atomic mass is 31.2. The highest BCUT2D eigenvalue weighted by molar-refractivity contribution is 7.46. The molecule has 0 N–H and O–H groups in total. The molecule has 0 amide bonds. The smallest absolute Gasteiger partial charge is 0.409 e. The van der Waals surface area contributed by atoms with Crippen molar-refractivity contribution in [2.45, 2.75) is 21.7 Å². The van der Waals surface area contributed by atoms with Crippen LogP contribution in [-0.4, -0.2) is 40.2 Å². The summed E-state index contributed by atoms with van der Waals surface area (Å²) >= 11 is 0. The maximum absolute atomic E-state index is 5.00. The second kappa shape index (κ2) is 9.87. The molecule has 2 aliphatic heterocycles. The van der Waals surface area contributed by atoms with E-state index in [9.17, 15) is 0 Å². The lowest BCUT2D eigenvalue weighted by Gasteiger charge is -1.93. The van der Waals surface area contributed by atoms with Crippen LogP contribution in [0.15, 0.2) is 0 Å². The maximum Gasteiger partial charge on any atom is 0.453 e. The van der Waals surface area contributed by atoms with Gasteiger partial charge in [0.25, 0.3) is 0 Å². The molecule has 2 rings (SSSR count). The minimum Gasteiger partial charge on any atom is -0.409 e. The van der Waals surface area contributed by atoms with Crippen LogP contribution in [0.1, 0.15) is 14.9 Å². The Bertz CT molecular complexity index is 102. The summed E-state index contributed by atoms with van der Waals surface area (Å²) in [7, 11) is -0.419. The monoisotopic (exact) mass is 224 g/mol. The summed E-state index contributed by atoms with van der Waals surface area (Å²) in [6, 6.07) is 0. The van der Waals surface area contributed by atoms with Crippen molar-refractivity contribution < 1.29 is 18.4 Å². The lowest BCUT2D eigenvalue weighted by Crippen LogP contribution is -2.05. The van der Waals surface area contributed by atoms with Crippen LogP contribution >= 0.6 is 8.38 Å². The summed E-state index contributed by atoms with van der Waals surface area (Å²) in [5, 5.41) is 0. The minimum atomic E-state index is -0.465.